The van der Waals surface area contributed by atoms with Crippen molar-refractivity contribution in [3.05, 3.63) is 34.9 Å². The van der Waals surface area contributed by atoms with E-state index in [1.165, 1.54) is 4.90 Å². The van der Waals surface area contributed by atoms with Gasteiger partial charge in [-0.2, -0.15) is 0 Å². The number of carbonyl (C=O) groups is 2. The molecule has 0 radical (unpaired) electrons. The summed E-state index contributed by atoms with van der Waals surface area (Å²) in [5, 5.41) is 12.2. The highest BCUT2D eigenvalue weighted by molar-refractivity contribution is 6.30. The summed E-state index contributed by atoms with van der Waals surface area (Å²) in [7, 11) is 0. The van der Waals surface area contributed by atoms with Gasteiger partial charge in [0.05, 0.1) is 0 Å². The molecule has 1 fully saturated rings. The van der Waals surface area contributed by atoms with Crippen molar-refractivity contribution in [1.29, 1.82) is 0 Å². The van der Waals surface area contributed by atoms with Gasteiger partial charge in [-0.15, -0.1) is 0 Å². The Morgan fingerprint density at radius 2 is 2.05 bits per heavy atom. The van der Waals surface area contributed by atoms with Crippen LogP contribution in [0.1, 0.15) is 16.8 Å². The zero-order chi connectivity index (χ0) is 13.8. The average molecular weight is 283 g/mol. The molecule has 2 amide bonds. The SMILES string of the molecule is O=C(NC[C@H]1CCN(C(=O)O)C1)c1ccc(Cl)cc1. The molecule has 0 bridgehead atoms. The van der Waals surface area contributed by atoms with Crippen molar-refractivity contribution >= 4 is 23.6 Å². The Balaban J connectivity index is 1.81. The molecule has 1 heterocycles. The van der Waals surface area contributed by atoms with Crippen molar-refractivity contribution in [3.63, 3.8) is 0 Å². The summed E-state index contributed by atoms with van der Waals surface area (Å²) in [4.78, 5) is 24.0. The minimum Gasteiger partial charge on any atom is -0.465 e. The van der Waals surface area contributed by atoms with Gasteiger partial charge in [0, 0.05) is 30.2 Å². The third-order valence-electron chi connectivity index (χ3n) is 3.21. The maximum Gasteiger partial charge on any atom is 0.407 e. The van der Waals surface area contributed by atoms with Crippen LogP contribution >= 0.6 is 11.6 Å². The van der Waals surface area contributed by atoms with Crippen LogP contribution in [0.3, 0.4) is 0 Å². The third-order valence-corrected chi connectivity index (χ3v) is 3.47. The number of carboxylic acid groups (broad SMARTS) is 1. The number of benzene rings is 1. The smallest absolute Gasteiger partial charge is 0.407 e. The molecule has 1 aliphatic rings. The van der Waals surface area contributed by atoms with E-state index in [-0.39, 0.29) is 11.8 Å². The van der Waals surface area contributed by atoms with Crippen molar-refractivity contribution < 1.29 is 14.7 Å². The molecular formula is C13H15ClN2O3. The van der Waals surface area contributed by atoms with Crippen molar-refractivity contribution in [2.75, 3.05) is 19.6 Å². The molecule has 5 nitrogen and oxygen atoms in total. The van der Waals surface area contributed by atoms with Crippen LogP contribution in [0.5, 0.6) is 0 Å². The quantitative estimate of drug-likeness (QED) is 0.892. The van der Waals surface area contributed by atoms with Crippen LogP contribution < -0.4 is 5.32 Å². The van der Waals surface area contributed by atoms with Crippen LogP contribution in [0.2, 0.25) is 5.02 Å². The summed E-state index contributed by atoms with van der Waals surface area (Å²) in [6.45, 7) is 1.51. The summed E-state index contributed by atoms with van der Waals surface area (Å²) >= 11 is 5.75. The van der Waals surface area contributed by atoms with Gasteiger partial charge in [0.25, 0.3) is 5.91 Å². The maximum absolute atomic E-state index is 11.8. The molecule has 0 spiro atoms. The largest absolute Gasteiger partial charge is 0.465 e. The van der Waals surface area contributed by atoms with Gasteiger partial charge < -0.3 is 15.3 Å². The number of nitrogens with one attached hydrogen (secondary N) is 1. The fourth-order valence-corrected chi connectivity index (χ4v) is 2.24. The second kappa shape index (κ2) is 5.93. The monoisotopic (exact) mass is 282 g/mol. The second-order valence-electron chi connectivity index (χ2n) is 4.60. The molecule has 1 aliphatic heterocycles. The summed E-state index contributed by atoms with van der Waals surface area (Å²) < 4.78 is 0. The Labute approximate surface area is 116 Å². The number of hydrogen-bond acceptors (Lipinski definition) is 2. The second-order valence-corrected chi connectivity index (χ2v) is 5.04. The number of nitrogens with zero attached hydrogens (tertiary/aromatic N) is 1. The topological polar surface area (TPSA) is 69.6 Å². The van der Waals surface area contributed by atoms with Crippen LogP contribution in [0.4, 0.5) is 4.79 Å². The molecular weight excluding hydrogens is 268 g/mol. The highest BCUT2D eigenvalue weighted by atomic mass is 35.5. The van der Waals surface area contributed by atoms with E-state index in [9.17, 15) is 9.59 Å². The molecule has 0 unspecified atom stereocenters. The lowest BCUT2D eigenvalue weighted by molar-refractivity contribution is 0.0947. The number of rotatable bonds is 3. The van der Waals surface area contributed by atoms with Crippen molar-refractivity contribution in [3.8, 4) is 0 Å². The van der Waals surface area contributed by atoms with Crippen molar-refractivity contribution in [1.82, 2.24) is 10.2 Å². The number of hydrogen-bond donors (Lipinski definition) is 2. The Morgan fingerprint density at radius 1 is 1.37 bits per heavy atom. The van der Waals surface area contributed by atoms with Crippen LogP contribution in [0, 0.1) is 5.92 Å². The molecule has 0 saturated carbocycles. The molecule has 0 aliphatic carbocycles. The normalized spacial score (nSPS) is 18.4. The Kier molecular flexibility index (Phi) is 4.27. The third kappa shape index (κ3) is 3.61. The minimum absolute atomic E-state index is 0.162. The van der Waals surface area contributed by atoms with E-state index in [4.69, 9.17) is 16.7 Å². The van der Waals surface area contributed by atoms with E-state index < -0.39 is 6.09 Å². The molecule has 1 aromatic carbocycles. The highest BCUT2D eigenvalue weighted by Crippen LogP contribution is 2.15. The lowest BCUT2D eigenvalue weighted by Gasteiger charge is -2.13. The summed E-state index contributed by atoms with van der Waals surface area (Å²) in [5.41, 5.74) is 0.553. The van der Waals surface area contributed by atoms with Crippen LogP contribution in [-0.2, 0) is 0 Å². The Morgan fingerprint density at radius 3 is 2.63 bits per heavy atom. The Hall–Kier alpha value is -1.75. The van der Waals surface area contributed by atoms with Gasteiger partial charge in [0.2, 0.25) is 0 Å². The predicted molar refractivity (Wildman–Crippen MR) is 71.5 cm³/mol. The lowest BCUT2D eigenvalue weighted by Crippen LogP contribution is -2.32. The van der Waals surface area contributed by atoms with Crippen LogP contribution in [-0.4, -0.2) is 41.6 Å². The molecule has 0 aromatic heterocycles. The molecule has 1 aromatic rings. The average Bonchev–Trinajstić information content (AvgIpc) is 2.86. The molecule has 2 N–H and O–H groups in total. The highest BCUT2D eigenvalue weighted by Gasteiger charge is 2.25. The number of halogens is 1. The van der Waals surface area contributed by atoms with Crippen molar-refractivity contribution in [2.24, 2.45) is 5.92 Å². The maximum atomic E-state index is 11.8. The van der Waals surface area contributed by atoms with Crippen molar-refractivity contribution in [2.45, 2.75) is 6.42 Å². The molecule has 1 saturated heterocycles. The lowest BCUT2D eigenvalue weighted by atomic mass is 10.1. The van der Waals surface area contributed by atoms with Gasteiger partial charge in [0.15, 0.2) is 0 Å². The minimum atomic E-state index is -0.897. The summed E-state index contributed by atoms with van der Waals surface area (Å²) in [5.74, 6) is 0.0257. The molecule has 2 rings (SSSR count). The van der Waals surface area contributed by atoms with E-state index >= 15 is 0 Å². The standard InChI is InChI=1S/C13H15ClN2O3/c14-11-3-1-10(2-4-11)12(17)15-7-9-5-6-16(8-9)13(18)19/h1-4,9H,5-8H2,(H,15,17)(H,18,19)/t9-/m1/s1. The van der Waals surface area contributed by atoms with Gasteiger partial charge in [-0.25, -0.2) is 4.79 Å². The first-order chi connectivity index (χ1) is 9.06. The van der Waals surface area contributed by atoms with Gasteiger partial charge >= 0.3 is 6.09 Å². The van der Waals surface area contributed by atoms with Gasteiger partial charge in [0.1, 0.15) is 0 Å². The fraction of sp³-hybridized carbons (Fsp3) is 0.385. The first-order valence-corrected chi connectivity index (χ1v) is 6.45. The van der Waals surface area contributed by atoms with E-state index in [2.05, 4.69) is 5.32 Å². The van der Waals surface area contributed by atoms with Gasteiger partial charge in [-0.1, -0.05) is 11.6 Å². The van der Waals surface area contributed by atoms with E-state index in [1.54, 1.807) is 24.3 Å². The molecule has 19 heavy (non-hydrogen) atoms. The zero-order valence-electron chi connectivity index (χ0n) is 10.3. The van der Waals surface area contributed by atoms with Crippen LogP contribution in [0.25, 0.3) is 0 Å². The van der Waals surface area contributed by atoms with Crippen LogP contribution in [0.15, 0.2) is 24.3 Å². The predicted octanol–water partition coefficient (Wildman–Crippen LogP) is 2.07. The molecule has 6 heteroatoms. The number of amides is 2. The first kappa shape index (κ1) is 13.7. The van der Waals surface area contributed by atoms with E-state index in [1.807, 2.05) is 0 Å². The zero-order valence-corrected chi connectivity index (χ0v) is 11.1. The first-order valence-electron chi connectivity index (χ1n) is 6.08. The fourth-order valence-electron chi connectivity index (χ4n) is 2.11. The van der Waals surface area contributed by atoms with Gasteiger partial charge in [-0.05, 0) is 36.6 Å². The molecule has 1 atom stereocenters. The summed E-state index contributed by atoms with van der Waals surface area (Å²) in [6, 6.07) is 6.65. The van der Waals surface area contributed by atoms with Gasteiger partial charge in [-0.3, -0.25) is 4.79 Å². The molecule has 102 valence electrons. The van der Waals surface area contributed by atoms with E-state index in [0.29, 0.717) is 30.2 Å². The Bertz CT molecular complexity index is 475. The number of carbonyl (C=O) groups excluding carboxylic acids is 1. The van der Waals surface area contributed by atoms with E-state index in [0.717, 1.165) is 6.42 Å². The summed E-state index contributed by atoms with van der Waals surface area (Å²) in [6.07, 6.45) is -0.112. The number of likely N-dealkylation sites (tertiary alicyclic amines) is 1.